The van der Waals surface area contributed by atoms with Gasteiger partial charge in [0, 0.05) is 25.7 Å². The average Bonchev–Trinajstić information content (AvgIpc) is 2.26. The summed E-state index contributed by atoms with van der Waals surface area (Å²) in [5, 5.41) is 2.22. The van der Waals surface area contributed by atoms with E-state index in [0.29, 0.717) is 18.8 Å². The minimum atomic E-state index is -0.503. The molecular weight excluding hydrogens is 246 g/mol. The molecule has 2 fully saturated rings. The van der Waals surface area contributed by atoms with E-state index in [1.807, 2.05) is 6.92 Å². The maximum absolute atomic E-state index is 12.1. The first-order valence-electron chi connectivity index (χ1n) is 6.83. The van der Waals surface area contributed by atoms with Gasteiger partial charge in [-0.2, -0.15) is 0 Å². The Bertz CT molecular complexity index is 413. The van der Waals surface area contributed by atoms with E-state index in [-0.39, 0.29) is 48.6 Å². The van der Waals surface area contributed by atoms with Crippen LogP contribution in [0.25, 0.3) is 0 Å². The number of carbonyl (C=O) groups excluding carboxylic acids is 4. The van der Waals surface area contributed by atoms with E-state index in [4.69, 9.17) is 0 Å². The number of ketones is 2. The summed E-state index contributed by atoms with van der Waals surface area (Å²) in [6.45, 7) is 2.02. The SMILES string of the molecule is CC1CCC(C(=O)CC2CC(=O)NC(=O)C2)C(=O)C1. The number of hydrogen-bond acceptors (Lipinski definition) is 4. The van der Waals surface area contributed by atoms with Crippen LogP contribution in [0.1, 0.15) is 45.4 Å². The number of amides is 2. The lowest BCUT2D eigenvalue weighted by atomic mass is 9.77. The number of hydrogen-bond donors (Lipinski definition) is 1. The molecule has 2 amide bonds. The van der Waals surface area contributed by atoms with Crippen LogP contribution in [0.15, 0.2) is 0 Å². The maximum atomic E-state index is 12.1. The fourth-order valence-corrected chi connectivity index (χ4v) is 2.97. The normalized spacial score (nSPS) is 29.2. The highest BCUT2D eigenvalue weighted by Gasteiger charge is 2.34. The van der Waals surface area contributed by atoms with E-state index in [9.17, 15) is 19.2 Å². The fourth-order valence-electron chi connectivity index (χ4n) is 2.97. The summed E-state index contributed by atoms with van der Waals surface area (Å²) in [5.41, 5.74) is 0. The van der Waals surface area contributed by atoms with E-state index in [0.717, 1.165) is 6.42 Å². The molecule has 2 unspecified atom stereocenters. The van der Waals surface area contributed by atoms with Crippen LogP contribution in [0.4, 0.5) is 0 Å². The molecule has 0 bridgehead atoms. The Labute approximate surface area is 112 Å². The highest BCUT2D eigenvalue weighted by atomic mass is 16.2. The minimum Gasteiger partial charge on any atom is -0.299 e. The molecule has 5 nitrogen and oxygen atoms in total. The van der Waals surface area contributed by atoms with Crippen molar-refractivity contribution in [3.8, 4) is 0 Å². The van der Waals surface area contributed by atoms with Gasteiger partial charge < -0.3 is 0 Å². The van der Waals surface area contributed by atoms with Gasteiger partial charge in [0.2, 0.25) is 11.8 Å². The molecule has 0 aromatic carbocycles. The zero-order valence-corrected chi connectivity index (χ0v) is 11.1. The van der Waals surface area contributed by atoms with E-state index >= 15 is 0 Å². The largest absolute Gasteiger partial charge is 0.299 e. The van der Waals surface area contributed by atoms with Crippen LogP contribution < -0.4 is 5.32 Å². The van der Waals surface area contributed by atoms with E-state index in [1.54, 1.807) is 0 Å². The molecule has 104 valence electrons. The zero-order valence-electron chi connectivity index (χ0n) is 11.1. The molecule has 1 saturated carbocycles. The Morgan fingerprint density at radius 2 is 1.74 bits per heavy atom. The van der Waals surface area contributed by atoms with Crippen LogP contribution in [-0.2, 0) is 19.2 Å². The third kappa shape index (κ3) is 3.49. The van der Waals surface area contributed by atoms with Crippen molar-refractivity contribution in [2.75, 3.05) is 0 Å². The number of imide groups is 1. The van der Waals surface area contributed by atoms with Crippen LogP contribution in [-0.4, -0.2) is 23.4 Å². The minimum absolute atomic E-state index is 0.0235. The first-order valence-corrected chi connectivity index (χ1v) is 6.83. The summed E-state index contributed by atoms with van der Waals surface area (Å²) in [6, 6.07) is 0. The van der Waals surface area contributed by atoms with Crippen LogP contribution >= 0.6 is 0 Å². The molecule has 2 aliphatic rings. The number of rotatable bonds is 3. The van der Waals surface area contributed by atoms with E-state index in [1.165, 1.54) is 0 Å². The molecule has 0 spiro atoms. The molecule has 0 aromatic rings. The fraction of sp³-hybridized carbons (Fsp3) is 0.714. The molecule has 0 radical (unpaired) electrons. The van der Waals surface area contributed by atoms with Gasteiger partial charge in [-0.25, -0.2) is 0 Å². The Kier molecular flexibility index (Phi) is 4.12. The molecule has 1 aliphatic carbocycles. The summed E-state index contributed by atoms with van der Waals surface area (Å²) in [5.74, 6) is -1.09. The molecule has 1 N–H and O–H groups in total. The van der Waals surface area contributed by atoms with Crippen molar-refractivity contribution < 1.29 is 19.2 Å². The van der Waals surface area contributed by atoms with Gasteiger partial charge in [-0.1, -0.05) is 6.92 Å². The summed E-state index contributed by atoms with van der Waals surface area (Å²) in [4.78, 5) is 46.5. The number of nitrogens with one attached hydrogen (secondary N) is 1. The second-order valence-electron chi connectivity index (χ2n) is 5.82. The van der Waals surface area contributed by atoms with Crippen LogP contribution in [0.2, 0.25) is 0 Å². The smallest absolute Gasteiger partial charge is 0.226 e. The Morgan fingerprint density at radius 1 is 1.11 bits per heavy atom. The monoisotopic (exact) mass is 265 g/mol. The highest BCUT2D eigenvalue weighted by molar-refractivity contribution is 6.04. The molecule has 2 rings (SSSR count). The first-order chi connectivity index (χ1) is 8.95. The summed E-state index contributed by atoms with van der Waals surface area (Å²) >= 11 is 0. The van der Waals surface area contributed by atoms with Gasteiger partial charge >= 0.3 is 0 Å². The Balaban J connectivity index is 1.92. The van der Waals surface area contributed by atoms with Gasteiger partial charge in [-0.05, 0) is 24.7 Å². The molecule has 2 atom stereocenters. The van der Waals surface area contributed by atoms with E-state index < -0.39 is 5.92 Å². The molecule has 0 aromatic heterocycles. The Morgan fingerprint density at radius 3 is 2.32 bits per heavy atom. The first kappa shape index (κ1) is 13.9. The summed E-state index contributed by atoms with van der Waals surface area (Å²) in [6.07, 6.45) is 2.56. The molecule has 1 aliphatic heterocycles. The van der Waals surface area contributed by atoms with Gasteiger partial charge in [0.25, 0.3) is 0 Å². The Hall–Kier alpha value is -1.52. The lowest BCUT2D eigenvalue weighted by molar-refractivity contribution is -0.137. The van der Waals surface area contributed by atoms with Crippen molar-refractivity contribution in [1.82, 2.24) is 5.32 Å². The van der Waals surface area contributed by atoms with Crippen molar-refractivity contribution in [1.29, 1.82) is 0 Å². The third-order valence-electron chi connectivity index (χ3n) is 3.99. The lowest BCUT2D eigenvalue weighted by Crippen LogP contribution is -2.40. The summed E-state index contributed by atoms with van der Waals surface area (Å²) < 4.78 is 0. The number of piperidine rings is 1. The van der Waals surface area contributed by atoms with Gasteiger partial charge in [0.1, 0.15) is 11.6 Å². The van der Waals surface area contributed by atoms with Gasteiger partial charge in [0.15, 0.2) is 0 Å². The van der Waals surface area contributed by atoms with Crippen LogP contribution in [0, 0.1) is 17.8 Å². The molecule has 1 saturated heterocycles. The zero-order chi connectivity index (χ0) is 14.0. The van der Waals surface area contributed by atoms with E-state index in [2.05, 4.69) is 5.32 Å². The predicted molar refractivity (Wildman–Crippen MR) is 67.0 cm³/mol. The molecular formula is C14H19NO4. The van der Waals surface area contributed by atoms with Gasteiger partial charge in [-0.15, -0.1) is 0 Å². The highest BCUT2D eigenvalue weighted by Crippen LogP contribution is 2.29. The quantitative estimate of drug-likeness (QED) is 0.610. The number of carbonyl (C=O) groups is 4. The van der Waals surface area contributed by atoms with Crippen molar-refractivity contribution in [2.45, 2.75) is 45.4 Å². The van der Waals surface area contributed by atoms with Gasteiger partial charge in [-0.3, -0.25) is 24.5 Å². The molecule has 1 heterocycles. The molecule has 5 heteroatoms. The average molecular weight is 265 g/mol. The van der Waals surface area contributed by atoms with Crippen LogP contribution in [0.5, 0.6) is 0 Å². The van der Waals surface area contributed by atoms with Crippen molar-refractivity contribution in [2.24, 2.45) is 17.8 Å². The van der Waals surface area contributed by atoms with Crippen LogP contribution in [0.3, 0.4) is 0 Å². The summed E-state index contributed by atoms with van der Waals surface area (Å²) in [7, 11) is 0. The molecule has 19 heavy (non-hydrogen) atoms. The lowest BCUT2D eigenvalue weighted by Gasteiger charge is -2.26. The number of Topliss-reactive ketones (excluding diaryl/α,β-unsaturated/α-hetero) is 2. The standard InChI is InChI=1S/C14H19NO4/c1-8-2-3-10(11(16)4-8)12(17)5-9-6-13(18)15-14(19)7-9/h8-10H,2-7H2,1H3,(H,15,18,19). The topological polar surface area (TPSA) is 80.3 Å². The second kappa shape index (κ2) is 5.63. The van der Waals surface area contributed by atoms with Gasteiger partial charge in [0.05, 0.1) is 5.92 Å². The predicted octanol–water partition coefficient (Wildman–Crippen LogP) is 1.00. The maximum Gasteiger partial charge on any atom is 0.226 e. The second-order valence-corrected chi connectivity index (χ2v) is 5.82. The van der Waals surface area contributed by atoms with Crippen molar-refractivity contribution in [3.05, 3.63) is 0 Å². The van der Waals surface area contributed by atoms with Crippen molar-refractivity contribution >= 4 is 23.4 Å². The third-order valence-corrected chi connectivity index (χ3v) is 3.99. The van der Waals surface area contributed by atoms with Crippen molar-refractivity contribution in [3.63, 3.8) is 0 Å².